The van der Waals surface area contributed by atoms with Gasteiger partial charge in [0.05, 0.1) is 0 Å². The highest BCUT2D eigenvalue weighted by molar-refractivity contribution is 5.87. The predicted octanol–water partition coefficient (Wildman–Crippen LogP) is 14.7. The summed E-state index contributed by atoms with van der Waals surface area (Å²) in [6.45, 7) is 17.1. The second kappa shape index (κ2) is 16.7. The molecule has 5 aromatic carbocycles. The molecule has 0 N–H and O–H groups in total. The summed E-state index contributed by atoms with van der Waals surface area (Å²) in [5.74, 6) is 0. The first-order valence-corrected chi connectivity index (χ1v) is 18.9. The zero-order valence-corrected chi connectivity index (χ0v) is 32.3. The van der Waals surface area contributed by atoms with Crippen LogP contribution in [0.15, 0.2) is 177 Å². The molecule has 1 aliphatic rings. The lowest BCUT2D eigenvalue weighted by molar-refractivity contribution is 0.660. The maximum absolute atomic E-state index is 3.80. The van der Waals surface area contributed by atoms with E-state index >= 15 is 0 Å². The summed E-state index contributed by atoms with van der Waals surface area (Å²) in [6.07, 6.45) is 25.1. The van der Waals surface area contributed by atoms with Gasteiger partial charge in [-0.3, -0.25) is 0 Å². The van der Waals surface area contributed by atoms with Crippen molar-refractivity contribution in [2.45, 2.75) is 59.8 Å². The molecule has 1 aliphatic carbocycles. The second-order valence-corrected chi connectivity index (χ2v) is 14.5. The maximum atomic E-state index is 3.80. The van der Waals surface area contributed by atoms with Crippen LogP contribution < -0.4 is 0 Å². The molecule has 0 aliphatic heterocycles. The monoisotopic (exact) mass is 688 g/mol. The molecule has 6 rings (SSSR count). The lowest BCUT2D eigenvalue weighted by Gasteiger charge is -2.23. The standard InChI is InChI=1S/C53H52/c1-8-11-13-15-22-41-23-17-19-26-47(41)50-35-43(28-27-39(50)5)45-32-34-49-48-33-31-44(36-51(48)53(6,7)52(49)37-45)40(20-10-3)29-30-42-24-16-18-25-46(42)38(4)21-14-12-9-2/h8-21,23-29,31-37H,2,22,30H2,1,3-7H3/b11-8-,14-12-,15-13-,20-10-,38-21+,40-29+. The van der Waals surface area contributed by atoms with Gasteiger partial charge in [0.25, 0.3) is 0 Å². The minimum Gasteiger partial charge on any atom is -0.0991 e. The Morgan fingerprint density at radius 1 is 0.642 bits per heavy atom. The number of aryl methyl sites for hydroxylation is 1. The normalized spacial score (nSPS) is 14.2. The Bertz CT molecular complexity index is 2310. The van der Waals surface area contributed by atoms with Gasteiger partial charge in [0.1, 0.15) is 0 Å². The summed E-state index contributed by atoms with van der Waals surface area (Å²) in [4.78, 5) is 0. The van der Waals surface area contributed by atoms with E-state index in [1.807, 2.05) is 12.2 Å². The third-order valence-electron chi connectivity index (χ3n) is 10.6. The van der Waals surface area contributed by atoms with Gasteiger partial charge in [-0.15, -0.1) is 0 Å². The van der Waals surface area contributed by atoms with Crippen LogP contribution in [0, 0.1) is 6.92 Å². The van der Waals surface area contributed by atoms with Gasteiger partial charge in [0.15, 0.2) is 0 Å². The van der Waals surface area contributed by atoms with Crippen molar-refractivity contribution in [3.63, 3.8) is 0 Å². The molecule has 0 nitrogen and oxygen atoms in total. The average Bonchev–Trinajstić information content (AvgIpc) is 3.40. The highest BCUT2D eigenvalue weighted by atomic mass is 14.4. The van der Waals surface area contributed by atoms with Gasteiger partial charge in [0, 0.05) is 5.41 Å². The molecule has 0 saturated heterocycles. The molecule has 0 spiro atoms. The highest BCUT2D eigenvalue weighted by Crippen LogP contribution is 2.50. The average molecular weight is 689 g/mol. The molecular weight excluding hydrogens is 637 g/mol. The van der Waals surface area contributed by atoms with E-state index in [-0.39, 0.29) is 5.41 Å². The van der Waals surface area contributed by atoms with Gasteiger partial charge in [-0.2, -0.15) is 0 Å². The quantitative estimate of drug-likeness (QED) is 0.114. The van der Waals surface area contributed by atoms with Gasteiger partial charge in [-0.25, -0.2) is 0 Å². The molecule has 0 atom stereocenters. The minimum absolute atomic E-state index is 0.134. The van der Waals surface area contributed by atoms with Gasteiger partial charge < -0.3 is 0 Å². The fourth-order valence-corrected chi connectivity index (χ4v) is 7.67. The smallest absolute Gasteiger partial charge is 0.0159 e. The van der Waals surface area contributed by atoms with Gasteiger partial charge >= 0.3 is 0 Å². The lowest BCUT2D eigenvalue weighted by atomic mass is 9.80. The summed E-state index contributed by atoms with van der Waals surface area (Å²) < 4.78 is 0. The first-order valence-electron chi connectivity index (χ1n) is 18.9. The predicted molar refractivity (Wildman–Crippen MR) is 233 cm³/mol. The summed E-state index contributed by atoms with van der Waals surface area (Å²) >= 11 is 0. The van der Waals surface area contributed by atoms with Crippen LogP contribution in [-0.4, -0.2) is 0 Å². The summed E-state index contributed by atoms with van der Waals surface area (Å²) in [7, 11) is 0. The highest BCUT2D eigenvalue weighted by Gasteiger charge is 2.36. The molecule has 0 heteroatoms. The molecule has 0 fully saturated rings. The summed E-state index contributed by atoms with van der Waals surface area (Å²) in [5.41, 5.74) is 19.4. The van der Waals surface area contributed by atoms with Crippen LogP contribution in [0.25, 0.3) is 44.5 Å². The van der Waals surface area contributed by atoms with E-state index in [4.69, 9.17) is 0 Å². The Kier molecular flexibility index (Phi) is 11.7. The Hall–Kier alpha value is -5.72. The fraction of sp³-hybridized carbons (Fsp3) is 0.170. The summed E-state index contributed by atoms with van der Waals surface area (Å²) in [5, 5.41) is 0. The Labute approximate surface area is 318 Å². The molecule has 0 saturated carbocycles. The van der Waals surface area contributed by atoms with Crippen molar-refractivity contribution in [2.75, 3.05) is 0 Å². The summed E-state index contributed by atoms with van der Waals surface area (Å²) in [6, 6.07) is 38.7. The van der Waals surface area contributed by atoms with E-state index in [1.54, 1.807) is 0 Å². The van der Waals surface area contributed by atoms with Crippen LogP contribution in [0.2, 0.25) is 0 Å². The first kappa shape index (κ1) is 37.1. The topological polar surface area (TPSA) is 0 Å². The van der Waals surface area contributed by atoms with Crippen molar-refractivity contribution in [1.82, 2.24) is 0 Å². The van der Waals surface area contributed by atoms with E-state index in [9.17, 15) is 0 Å². The van der Waals surface area contributed by atoms with E-state index in [2.05, 4.69) is 206 Å². The fourth-order valence-electron chi connectivity index (χ4n) is 7.67. The van der Waals surface area contributed by atoms with Crippen molar-refractivity contribution in [1.29, 1.82) is 0 Å². The van der Waals surface area contributed by atoms with E-state index < -0.39 is 0 Å². The van der Waals surface area contributed by atoms with E-state index in [1.165, 1.54) is 83.5 Å². The molecule has 0 unspecified atom stereocenters. The van der Waals surface area contributed by atoms with Crippen LogP contribution in [0.4, 0.5) is 0 Å². The van der Waals surface area contributed by atoms with Gasteiger partial charge in [-0.1, -0.05) is 172 Å². The largest absolute Gasteiger partial charge is 0.0991 e. The lowest BCUT2D eigenvalue weighted by Crippen LogP contribution is -2.15. The zero-order valence-electron chi connectivity index (χ0n) is 32.3. The minimum atomic E-state index is -0.134. The molecule has 5 aromatic rings. The molecule has 0 aromatic heterocycles. The molecule has 0 bridgehead atoms. The molecule has 53 heavy (non-hydrogen) atoms. The molecule has 0 radical (unpaired) electrons. The SMILES string of the molecule is C=C/C=C\C=C(/C)c1ccccc1C/C=C(\C=C/C)c1ccc2c(c1)C(C)(C)c1cc(-c3ccc(C)c(-c4ccccc4C/C=C\C=C/C)c3)ccc1-2. The van der Waals surface area contributed by atoms with Crippen molar-refractivity contribution in [3.05, 3.63) is 215 Å². The van der Waals surface area contributed by atoms with Crippen LogP contribution in [0.5, 0.6) is 0 Å². The van der Waals surface area contributed by atoms with Crippen LogP contribution in [-0.2, 0) is 18.3 Å². The van der Waals surface area contributed by atoms with Gasteiger partial charge in [-0.05, 0) is 142 Å². The Morgan fingerprint density at radius 2 is 1.34 bits per heavy atom. The molecular formula is C53H52. The van der Waals surface area contributed by atoms with Crippen LogP contribution >= 0.6 is 0 Å². The molecule has 0 amide bonds. The van der Waals surface area contributed by atoms with Crippen LogP contribution in [0.3, 0.4) is 0 Å². The number of benzene rings is 5. The maximum Gasteiger partial charge on any atom is 0.0159 e. The first-order chi connectivity index (χ1) is 25.8. The third-order valence-corrected chi connectivity index (χ3v) is 10.6. The van der Waals surface area contributed by atoms with Crippen molar-refractivity contribution < 1.29 is 0 Å². The van der Waals surface area contributed by atoms with Crippen molar-refractivity contribution in [3.8, 4) is 33.4 Å². The Morgan fingerprint density at radius 3 is 2.11 bits per heavy atom. The van der Waals surface area contributed by atoms with E-state index in [0.717, 1.165) is 12.8 Å². The zero-order chi connectivity index (χ0) is 37.4. The number of hydrogen-bond donors (Lipinski definition) is 0. The molecule has 0 heterocycles. The Balaban J connectivity index is 1.32. The van der Waals surface area contributed by atoms with Crippen molar-refractivity contribution >= 4 is 11.1 Å². The second-order valence-electron chi connectivity index (χ2n) is 14.5. The third kappa shape index (κ3) is 8.03. The van der Waals surface area contributed by atoms with Crippen LogP contribution in [0.1, 0.15) is 73.6 Å². The van der Waals surface area contributed by atoms with Crippen molar-refractivity contribution in [2.24, 2.45) is 0 Å². The number of fused-ring (bicyclic) bond motifs is 3. The number of rotatable bonds is 12. The molecule has 264 valence electrons. The number of hydrogen-bond acceptors (Lipinski definition) is 0. The van der Waals surface area contributed by atoms with Gasteiger partial charge in [0.2, 0.25) is 0 Å². The number of allylic oxidation sites excluding steroid dienone is 13. The van der Waals surface area contributed by atoms with E-state index in [0.29, 0.717) is 0 Å².